The molecule has 0 amide bonds. The van der Waals surface area contributed by atoms with Gasteiger partial charge in [0.15, 0.2) is 0 Å². The maximum atomic E-state index is 6.02. The second kappa shape index (κ2) is 5.29. The van der Waals surface area contributed by atoms with Gasteiger partial charge in [0.2, 0.25) is 0 Å². The number of benzene rings is 1. The fourth-order valence-corrected chi connectivity index (χ4v) is 2.91. The minimum atomic E-state index is 0.451. The number of aromatic nitrogens is 1. The molecule has 1 aliphatic rings. The molecule has 0 aliphatic heterocycles. The predicted octanol–water partition coefficient (Wildman–Crippen LogP) is 3.08. The Hall–Kier alpha value is -1.81. The fraction of sp³-hybridized carbons (Fsp3) is 0.438. The summed E-state index contributed by atoms with van der Waals surface area (Å²) in [6.45, 7) is 4.38. The van der Waals surface area contributed by atoms with E-state index >= 15 is 0 Å². The molecule has 2 aromatic rings. The molecule has 0 spiro atoms. The standard InChI is InChI=1S/C16H20N2O2/c1-10-14(11(2)20-18-10)9-19-16-6-4-5-12-13(16)7-8-15(12)17-3/h4-6,15,17H,7-9H2,1-3H3. The van der Waals surface area contributed by atoms with Gasteiger partial charge in [-0.05, 0) is 50.9 Å². The van der Waals surface area contributed by atoms with Crippen LogP contribution in [0.5, 0.6) is 5.75 Å². The van der Waals surface area contributed by atoms with Crippen molar-refractivity contribution in [2.24, 2.45) is 0 Å². The second-order valence-corrected chi connectivity index (χ2v) is 5.30. The van der Waals surface area contributed by atoms with Gasteiger partial charge in [-0.3, -0.25) is 0 Å². The molecule has 1 heterocycles. The number of nitrogens with one attached hydrogen (secondary N) is 1. The van der Waals surface area contributed by atoms with Gasteiger partial charge in [0.1, 0.15) is 18.1 Å². The van der Waals surface area contributed by atoms with E-state index in [1.807, 2.05) is 20.9 Å². The number of fused-ring (bicyclic) bond motifs is 1. The first kappa shape index (κ1) is 13.2. The van der Waals surface area contributed by atoms with E-state index in [-0.39, 0.29) is 0 Å². The molecule has 1 aromatic heterocycles. The van der Waals surface area contributed by atoms with Crippen LogP contribution in [0.3, 0.4) is 0 Å². The van der Waals surface area contributed by atoms with Crippen LogP contribution in [0.25, 0.3) is 0 Å². The maximum absolute atomic E-state index is 6.02. The van der Waals surface area contributed by atoms with Crippen LogP contribution in [0, 0.1) is 13.8 Å². The van der Waals surface area contributed by atoms with Crippen LogP contribution in [0.4, 0.5) is 0 Å². The Kier molecular flexibility index (Phi) is 3.49. The normalized spacial score (nSPS) is 17.2. The van der Waals surface area contributed by atoms with Gasteiger partial charge in [0.05, 0.1) is 11.3 Å². The van der Waals surface area contributed by atoms with Gasteiger partial charge in [0, 0.05) is 6.04 Å². The first-order valence-corrected chi connectivity index (χ1v) is 7.04. The highest BCUT2D eigenvalue weighted by Crippen LogP contribution is 2.37. The molecule has 1 N–H and O–H groups in total. The summed E-state index contributed by atoms with van der Waals surface area (Å²) in [7, 11) is 2.01. The lowest BCUT2D eigenvalue weighted by Gasteiger charge is -2.13. The van der Waals surface area contributed by atoms with Gasteiger partial charge in [-0.15, -0.1) is 0 Å². The lowest BCUT2D eigenvalue weighted by atomic mass is 10.1. The molecule has 1 unspecified atom stereocenters. The summed E-state index contributed by atoms with van der Waals surface area (Å²) in [4.78, 5) is 0. The zero-order valence-corrected chi connectivity index (χ0v) is 12.2. The van der Waals surface area contributed by atoms with Gasteiger partial charge in [-0.1, -0.05) is 17.3 Å². The van der Waals surface area contributed by atoms with Crippen molar-refractivity contribution in [2.45, 2.75) is 39.3 Å². The van der Waals surface area contributed by atoms with Crippen LogP contribution >= 0.6 is 0 Å². The van der Waals surface area contributed by atoms with Gasteiger partial charge in [0.25, 0.3) is 0 Å². The SMILES string of the molecule is CNC1CCc2c(OCc3c(C)noc3C)cccc21. The second-order valence-electron chi connectivity index (χ2n) is 5.30. The van der Waals surface area contributed by atoms with Gasteiger partial charge >= 0.3 is 0 Å². The van der Waals surface area contributed by atoms with E-state index in [4.69, 9.17) is 9.26 Å². The maximum Gasteiger partial charge on any atom is 0.140 e. The number of rotatable bonds is 4. The highest BCUT2D eigenvalue weighted by Gasteiger charge is 2.24. The van der Waals surface area contributed by atoms with Gasteiger partial charge in [-0.25, -0.2) is 0 Å². The van der Waals surface area contributed by atoms with Crippen molar-refractivity contribution < 1.29 is 9.26 Å². The number of hydrogen-bond donors (Lipinski definition) is 1. The van der Waals surface area contributed by atoms with Crippen molar-refractivity contribution in [3.8, 4) is 5.75 Å². The zero-order chi connectivity index (χ0) is 14.1. The van der Waals surface area contributed by atoms with Crippen LogP contribution in [0.15, 0.2) is 22.7 Å². The molecule has 106 valence electrons. The van der Waals surface area contributed by atoms with Crippen LogP contribution in [-0.4, -0.2) is 12.2 Å². The smallest absolute Gasteiger partial charge is 0.140 e. The summed E-state index contributed by atoms with van der Waals surface area (Å²) in [5.41, 5.74) is 4.65. The molecule has 4 nitrogen and oxygen atoms in total. The summed E-state index contributed by atoms with van der Waals surface area (Å²) in [6, 6.07) is 6.76. The summed E-state index contributed by atoms with van der Waals surface area (Å²) < 4.78 is 11.2. The molecule has 3 rings (SSSR count). The molecule has 0 saturated heterocycles. The Labute approximate surface area is 119 Å². The van der Waals surface area contributed by atoms with Crippen molar-refractivity contribution >= 4 is 0 Å². The lowest BCUT2D eigenvalue weighted by molar-refractivity contribution is 0.299. The Morgan fingerprint density at radius 2 is 2.25 bits per heavy atom. The average molecular weight is 272 g/mol. The molecule has 1 atom stereocenters. The number of hydrogen-bond acceptors (Lipinski definition) is 4. The van der Waals surface area contributed by atoms with E-state index in [0.29, 0.717) is 12.6 Å². The zero-order valence-electron chi connectivity index (χ0n) is 12.2. The van der Waals surface area contributed by atoms with Crippen molar-refractivity contribution in [3.63, 3.8) is 0 Å². The predicted molar refractivity (Wildman–Crippen MR) is 76.9 cm³/mol. The first-order chi connectivity index (χ1) is 9.70. The Bertz CT molecular complexity index is 599. The molecule has 1 aliphatic carbocycles. The van der Waals surface area contributed by atoms with Crippen LogP contribution in [0.2, 0.25) is 0 Å². The third-order valence-corrected chi connectivity index (χ3v) is 4.13. The van der Waals surface area contributed by atoms with Crippen molar-refractivity contribution in [2.75, 3.05) is 7.05 Å². The molecule has 0 saturated carbocycles. The minimum absolute atomic E-state index is 0.451. The van der Waals surface area contributed by atoms with Crippen molar-refractivity contribution in [1.82, 2.24) is 10.5 Å². The Morgan fingerprint density at radius 1 is 1.40 bits per heavy atom. The monoisotopic (exact) mass is 272 g/mol. The summed E-state index contributed by atoms with van der Waals surface area (Å²) in [6.07, 6.45) is 2.20. The third-order valence-electron chi connectivity index (χ3n) is 4.13. The minimum Gasteiger partial charge on any atom is -0.488 e. The summed E-state index contributed by atoms with van der Waals surface area (Å²) in [5.74, 6) is 1.82. The largest absolute Gasteiger partial charge is 0.488 e. The van der Waals surface area contributed by atoms with E-state index < -0.39 is 0 Å². The number of aryl methyl sites for hydroxylation is 2. The van der Waals surface area contributed by atoms with Crippen LogP contribution < -0.4 is 10.1 Å². The quantitative estimate of drug-likeness (QED) is 0.929. The topological polar surface area (TPSA) is 47.3 Å². The summed E-state index contributed by atoms with van der Waals surface area (Å²) in [5, 5.41) is 7.32. The molecule has 0 fully saturated rings. The van der Waals surface area contributed by atoms with E-state index in [0.717, 1.165) is 35.6 Å². The number of nitrogens with zero attached hydrogens (tertiary/aromatic N) is 1. The average Bonchev–Trinajstić information content (AvgIpc) is 3.01. The highest BCUT2D eigenvalue weighted by molar-refractivity contribution is 5.45. The molecular weight excluding hydrogens is 252 g/mol. The van der Waals surface area contributed by atoms with E-state index in [1.54, 1.807) is 0 Å². The fourth-order valence-electron chi connectivity index (χ4n) is 2.91. The number of ether oxygens (including phenoxy) is 1. The third kappa shape index (κ3) is 2.20. The van der Waals surface area contributed by atoms with Crippen LogP contribution in [0.1, 0.15) is 40.6 Å². The van der Waals surface area contributed by atoms with Gasteiger partial charge < -0.3 is 14.6 Å². The van der Waals surface area contributed by atoms with Crippen molar-refractivity contribution in [1.29, 1.82) is 0 Å². The Balaban J connectivity index is 1.81. The molecule has 0 radical (unpaired) electrons. The summed E-state index contributed by atoms with van der Waals surface area (Å²) >= 11 is 0. The molecule has 1 aromatic carbocycles. The van der Waals surface area contributed by atoms with E-state index in [1.165, 1.54) is 11.1 Å². The van der Waals surface area contributed by atoms with E-state index in [2.05, 4.69) is 28.7 Å². The van der Waals surface area contributed by atoms with E-state index in [9.17, 15) is 0 Å². The van der Waals surface area contributed by atoms with Crippen molar-refractivity contribution in [3.05, 3.63) is 46.3 Å². The van der Waals surface area contributed by atoms with Gasteiger partial charge in [-0.2, -0.15) is 0 Å². The molecule has 20 heavy (non-hydrogen) atoms. The van der Waals surface area contributed by atoms with Crippen LogP contribution in [-0.2, 0) is 13.0 Å². The molecule has 0 bridgehead atoms. The first-order valence-electron chi connectivity index (χ1n) is 7.04. The Morgan fingerprint density at radius 3 is 2.95 bits per heavy atom. The highest BCUT2D eigenvalue weighted by atomic mass is 16.5. The lowest BCUT2D eigenvalue weighted by Crippen LogP contribution is -2.12. The molecule has 4 heteroatoms. The molecular formula is C16H20N2O2.